The van der Waals surface area contributed by atoms with Crippen LogP contribution in [0, 0.1) is 6.92 Å². The van der Waals surface area contributed by atoms with Crippen molar-refractivity contribution in [2.75, 3.05) is 20.2 Å². The number of pyridine rings is 1. The molecule has 24 heavy (non-hydrogen) atoms. The molecule has 0 unspecified atom stereocenters. The van der Waals surface area contributed by atoms with Crippen LogP contribution in [0.4, 0.5) is 5.69 Å². The van der Waals surface area contributed by atoms with Crippen LogP contribution in [0.5, 0.6) is 5.88 Å². The van der Waals surface area contributed by atoms with Gasteiger partial charge in [-0.05, 0) is 41.9 Å². The maximum Gasteiger partial charge on any atom is 0.228 e. The van der Waals surface area contributed by atoms with Gasteiger partial charge >= 0.3 is 0 Å². The van der Waals surface area contributed by atoms with Gasteiger partial charge in [0.2, 0.25) is 5.88 Å². The van der Waals surface area contributed by atoms with Crippen LogP contribution in [-0.2, 0) is 0 Å². The number of hydrogen-bond donors (Lipinski definition) is 0. The van der Waals surface area contributed by atoms with E-state index < -0.39 is 8.07 Å². The van der Waals surface area contributed by atoms with Crippen molar-refractivity contribution < 1.29 is 4.74 Å². The van der Waals surface area contributed by atoms with Gasteiger partial charge in [0.25, 0.3) is 0 Å². The summed E-state index contributed by atoms with van der Waals surface area (Å²) in [5.41, 5.74) is 1.76. The molecule has 1 aromatic rings. The molecule has 0 aromatic carbocycles. The summed E-state index contributed by atoms with van der Waals surface area (Å²) in [6, 6.07) is 7.17. The highest BCUT2D eigenvalue weighted by Gasteiger charge is 2.26. The number of ether oxygens (including phenoxy) is 1. The molecule has 136 valence electrons. The molecule has 0 N–H and O–H groups in total. The Kier molecular flexibility index (Phi) is 8.98. The lowest BCUT2D eigenvalue weighted by atomic mass is 10.3. The van der Waals surface area contributed by atoms with E-state index in [-0.39, 0.29) is 0 Å². The Bertz CT molecular complexity index is 539. The summed E-state index contributed by atoms with van der Waals surface area (Å²) in [6.07, 6.45) is 1.83. The first-order chi connectivity index (χ1) is 11.4. The van der Waals surface area contributed by atoms with E-state index in [1.54, 1.807) is 0 Å². The number of halogens is 1. The number of hydrogen-bond acceptors (Lipinski definition) is 3. The Balaban J connectivity index is 2.77. The van der Waals surface area contributed by atoms with E-state index in [9.17, 15) is 0 Å². The smallest absolute Gasteiger partial charge is 0.228 e. The zero-order chi connectivity index (χ0) is 18.2. The van der Waals surface area contributed by atoms with Crippen molar-refractivity contribution in [3.8, 4) is 5.88 Å². The third kappa shape index (κ3) is 5.88. The molecule has 0 aliphatic carbocycles. The lowest BCUT2D eigenvalue weighted by Crippen LogP contribution is -2.33. The Morgan fingerprint density at radius 2 is 1.88 bits per heavy atom. The minimum absolute atomic E-state index is 0.682. The molecule has 6 heteroatoms. The van der Waals surface area contributed by atoms with Crippen molar-refractivity contribution in [1.29, 1.82) is 0 Å². The second-order valence-electron chi connectivity index (χ2n) is 6.36. The Morgan fingerprint density at radius 1 is 1.25 bits per heavy atom. The number of aromatic nitrogens is 1. The van der Waals surface area contributed by atoms with Crippen molar-refractivity contribution >= 4 is 36.0 Å². The van der Waals surface area contributed by atoms with Gasteiger partial charge in [-0.15, -0.1) is 0 Å². The van der Waals surface area contributed by atoms with Crippen LogP contribution in [0.1, 0.15) is 33.4 Å². The molecule has 0 fully saturated rings. The van der Waals surface area contributed by atoms with Crippen molar-refractivity contribution in [2.45, 2.75) is 58.8 Å². The largest absolute Gasteiger partial charge is 0.477 e. The van der Waals surface area contributed by atoms with Crippen LogP contribution in [0.25, 0.3) is 0 Å². The van der Waals surface area contributed by atoms with Crippen LogP contribution >= 0.6 is 15.9 Å². The molecule has 1 aromatic heterocycles. The third-order valence-electron chi connectivity index (χ3n) is 5.12. The van der Waals surface area contributed by atoms with Gasteiger partial charge in [0.15, 0.2) is 0 Å². The maximum absolute atomic E-state index is 5.99. The molecule has 0 amide bonds. The Labute approximate surface area is 156 Å². The second-order valence-corrected chi connectivity index (χ2v) is 12.8. The summed E-state index contributed by atoms with van der Waals surface area (Å²) in [6.45, 7) is 12.7. The van der Waals surface area contributed by atoms with E-state index >= 15 is 0 Å². The third-order valence-corrected chi connectivity index (χ3v) is 11.5. The minimum Gasteiger partial charge on any atom is -0.477 e. The molecule has 0 bridgehead atoms. The SMILES string of the molecule is CCN(C)C=Nc1cc(Br)c(OCC[Si](CC)(CC)CC)nc1C. The predicted molar refractivity (Wildman–Crippen MR) is 111 cm³/mol. The van der Waals surface area contributed by atoms with Gasteiger partial charge in [-0.25, -0.2) is 9.98 Å². The van der Waals surface area contributed by atoms with Gasteiger partial charge in [0.1, 0.15) is 0 Å². The fourth-order valence-corrected chi connectivity index (χ4v) is 6.18. The monoisotopic (exact) mass is 413 g/mol. The van der Waals surface area contributed by atoms with E-state index in [0.29, 0.717) is 5.88 Å². The van der Waals surface area contributed by atoms with Crippen LogP contribution in [-0.4, -0.2) is 44.5 Å². The summed E-state index contributed by atoms with van der Waals surface area (Å²) in [5, 5.41) is 0. The molecule has 0 radical (unpaired) electrons. The van der Waals surface area contributed by atoms with Gasteiger partial charge in [0.05, 0.1) is 36.9 Å². The maximum atomic E-state index is 5.99. The number of rotatable bonds is 10. The van der Waals surface area contributed by atoms with Gasteiger partial charge in [-0.1, -0.05) is 38.9 Å². The molecule has 0 saturated carbocycles. The number of aliphatic imine (C=N–C) groups is 1. The summed E-state index contributed by atoms with van der Waals surface area (Å²) in [7, 11) is 0.864. The fraction of sp³-hybridized carbons (Fsp3) is 0.667. The summed E-state index contributed by atoms with van der Waals surface area (Å²) in [5.74, 6) is 0.682. The number of aryl methyl sites for hydroxylation is 1. The van der Waals surface area contributed by atoms with Gasteiger partial charge in [-0.3, -0.25) is 0 Å². The van der Waals surface area contributed by atoms with E-state index in [1.807, 2.05) is 31.3 Å². The minimum atomic E-state index is -1.14. The molecule has 4 nitrogen and oxygen atoms in total. The average Bonchev–Trinajstić information content (AvgIpc) is 2.60. The average molecular weight is 414 g/mol. The molecule has 0 aliphatic rings. The standard InChI is InChI=1S/C18H32BrN3OSi/c1-7-22(6)14-20-17-13-16(19)18(21-15(17)5)23-11-12-24(8-2,9-3)10-4/h13-14H,7-12H2,1-6H3. The van der Waals surface area contributed by atoms with Gasteiger partial charge in [-0.2, -0.15) is 0 Å². The predicted octanol–water partition coefficient (Wildman–Crippen LogP) is 5.65. The second kappa shape index (κ2) is 10.2. The molecular weight excluding hydrogens is 382 g/mol. The van der Waals surface area contributed by atoms with Crippen LogP contribution in [0.15, 0.2) is 15.5 Å². The van der Waals surface area contributed by atoms with E-state index in [4.69, 9.17) is 4.74 Å². The molecule has 0 saturated heterocycles. The molecule has 0 spiro atoms. The van der Waals surface area contributed by atoms with Crippen molar-refractivity contribution in [3.05, 3.63) is 16.2 Å². The lowest BCUT2D eigenvalue weighted by Gasteiger charge is -2.27. The normalized spacial score (nSPS) is 12.0. The van der Waals surface area contributed by atoms with Crippen LogP contribution < -0.4 is 4.74 Å². The topological polar surface area (TPSA) is 37.7 Å². The summed E-state index contributed by atoms with van der Waals surface area (Å²) in [4.78, 5) is 11.1. The highest BCUT2D eigenvalue weighted by atomic mass is 79.9. The van der Waals surface area contributed by atoms with E-state index in [1.165, 1.54) is 24.2 Å². The Morgan fingerprint density at radius 3 is 2.42 bits per heavy atom. The van der Waals surface area contributed by atoms with Gasteiger partial charge < -0.3 is 9.64 Å². The summed E-state index contributed by atoms with van der Waals surface area (Å²) < 4.78 is 6.87. The molecule has 1 heterocycles. The lowest BCUT2D eigenvalue weighted by molar-refractivity contribution is 0.321. The van der Waals surface area contributed by atoms with Crippen molar-refractivity contribution in [3.63, 3.8) is 0 Å². The molecular formula is C18H32BrN3OSi. The van der Waals surface area contributed by atoms with Crippen molar-refractivity contribution in [2.24, 2.45) is 4.99 Å². The zero-order valence-electron chi connectivity index (χ0n) is 16.0. The number of nitrogens with zero attached hydrogens (tertiary/aromatic N) is 3. The van der Waals surface area contributed by atoms with E-state index in [2.05, 4.69) is 53.6 Å². The highest BCUT2D eigenvalue weighted by Crippen LogP contribution is 2.31. The van der Waals surface area contributed by atoms with Crippen LogP contribution in [0.3, 0.4) is 0 Å². The Hall–Kier alpha value is -0.883. The zero-order valence-corrected chi connectivity index (χ0v) is 18.6. The molecule has 0 atom stereocenters. The fourth-order valence-electron chi connectivity index (χ4n) is 2.67. The first-order valence-electron chi connectivity index (χ1n) is 8.95. The molecule has 1 rings (SSSR count). The van der Waals surface area contributed by atoms with Crippen LogP contribution in [0.2, 0.25) is 24.2 Å². The van der Waals surface area contributed by atoms with Gasteiger partial charge in [0, 0.05) is 13.6 Å². The highest BCUT2D eigenvalue weighted by molar-refractivity contribution is 9.10. The molecule has 0 aliphatic heterocycles. The first kappa shape index (κ1) is 21.2. The summed E-state index contributed by atoms with van der Waals surface area (Å²) >= 11 is 3.57. The first-order valence-corrected chi connectivity index (χ1v) is 12.6. The van der Waals surface area contributed by atoms with E-state index in [0.717, 1.165) is 29.0 Å². The van der Waals surface area contributed by atoms with Crippen molar-refractivity contribution in [1.82, 2.24) is 9.88 Å². The quantitative estimate of drug-likeness (QED) is 0.282.